The Morgan fingerprint density at radius 2 is 1.71 bits per heavy atom. The summed E-state index contributed by atoms with van der Waals surface area (Å²) in [4.78, 5) is 10.6. The molecule has 3 aromatic carbocycles. The molecule has 0 radical (unpaired) electrons. The van der Waals surface area contributed by atoms with E-state index < -0.39 is 0 Å². The molecule has 1 aromatic heterocycles. The van der Waals surface area contributed by atoms with Gasteiger partial charge < -0.3 is 0 Å². The maximum Gasteiger partial charge on any atom is 0.115 e. The highest BCUT2D eigenvalue weighted by molar-refractivity contribution is 5.83. The van der Waals surface area contributed by atoms with Crippen LogP contribution in [-0.2, 0) is 6.54 Å². The fourth-order valence-corrected chi connectivity index (χ4v) is 4.04. The second-order valence-corrected chi connectivity index (χ2v) is 7.46. The number of nitrogens with zero attached hydrogens (tertiary/aromatic N) is 3. The van der Waals surface area contributed by atoms with Crippen LogP contribution >= 0.6 is 0 Å². The third-order valence-electron chi connectivity index (χ3n) is 5.46. The highest BCUT2D eigenvalue weighted by Gasteiger charge is 2.22. The highest BCUT2D eigenvalue weighted by atomic mass is 15.2. The molecule has 1 unspecified atom stereocenters. The fourth-order valence-electron chi connectivity index (χ4n) is 4.04. The standard InChI is InChI=1S/C24H22N4/c1-28-14-21-11-19(22-12-25-15-26-13-22)8-9-23(21)24(27-16-28)20-7-6-17-4-2-3-5-18(17)10-20/h2-13,15,24,27H,14,16H2,1H3. The Labute approximate surface area is 164 Å². The van der Waals surface area contributed by atoms with Gasteiger partial charge in [0.2, 0.25) is 0 Å². The number of fused-ring (bicyclic) bond motifs is 2. The van der Waals surface area contributed by atoms with Crippen LogP contribution in [-0.4, -0.2) is 28.6 Å². The molecule has 0 saturated heterocycles. The number of benzene rings is 3. The van der Waals surface area contributed by atoms with Crippen LogP contribution in [0.25, 0.3) is 21.9 Å². The minimum atomic E-state index is 0.172. The second-order valence-electron chi connectivity index (χ2n) is 7.46. The topological polar surface area (TPSA) is 41.0 Å². The Kier molecular flexibility index (Phi) is 4.35. The maximum absolute atomic E-state index is 4.16. The van der Waals surface area contributed by atoms with E-state index >= 15 is 0 Å². The summed E-state index contributed by atoms with van der Waals surface area (Å²) >= 11 is 0. The molecule has 138 valence electrons. The lowest BCUT2D eigenvalue weighted by Gasteiger charge is -2.20. The van der Waals surface area contributed by atoms with Crippen LogP contribution < -0.4 is 5.32 Å². The van der Waals surface area contributed by atoms with E-state index in [-0.39, 0.29) is 6.04 Å². The van der Waals surface area contributed by atoms with Crippen molar-refractivity contribution >= 4 is 10.8 Å². The number of hydrogen-bond acceptors (Lipinski definition) is 4. The van der Waals surface area contributed by atoms with E-state index in [2.05, 4.69) is 87.9 Å². The van der Waals surface area contributed by atoms with E-state index in [1.54, 1.807) is 6.33 Å². The predicted molar refractivity (Wildman–Crippen MR) is 113 cm³/mol. The lowest BCUT2D eigenvalue weighted by atomic mass is 9.91. The first-order valence-electron chi connectivity index (χ1n) is 9.57. The summed E-state index contributed by atoms with van der Waals surface area (Å²) in [5.74, 6) is 0. The Morgan fingerprint density at radius 1 is 0.893 bits per heavy atom. The Morgan fingerprint density at radius 3 is 2.57 bits per heavy atom. The lowest BCUT2D eigenvalue weighted by molar-refractivity contribution is 0.303. The van der Waals surface area contributed by atoms with Crippen LogP contribution in [0, 0.1) is 0 Å². The van der Waals surface area contributed by atoms with E-state index in [9.17, 15) is 0 Å². The third-order valence-corrected chi connectivity index (χ3v) is 5.46. The van der Waals surface area contributed by atoms with Gasteiger partial charge in [0.25, 0.3) is 0 Å². The van der Waals surface area contributed by atoms with E-state index in [1.165, 1.54) is 27.5 Å². The lowest BCUT2D eigenvalue weighted by Crippen LogP contribution is -2.30. The van der Waals surface area contributed by atoms with Crippen molar-refractivity contribution in [3.05, 3.63) is 96.1 Å². The van der Waals surface area contributed by atoms with Gasteiger partial charge in [0.15, 0.2) is 0 Å². The van der Waals surface area contributed by atoms with Crippen LogP contribution in [0.5, 0.6) is 0 Å². The van der Waals surface area contributed by atoms with E-state index in [1.807, 2.05) is 12.4 Å². The zero-order chi connectivity index (χ0) is 18.9. The van der Waals surface area contributed by atoms with E-state index in [0.717, 1.165) is 24.3 Å². The van der Waals surface area contributed by atoms with Gasteiger partial charge in [-0.2, -0.15) is 0 Å². The number of nitrogens with one attached hydrogen (secondary N) is 1. The van der Waals surface area contributed by atoms with Crippen LogP contribution in [0.4, 0.5) is 0 Å². The summed E-state index contributed by atoms with van der Waals surface area (Å²) in [5.41, 5.74) is 6.18. The molecule has 0 spiro atoms. The van der Waals surface area contributed by atoms with Crippen LogP contribution in [0.1, 0.15) is 22.7 Å². The van der Waals surface area contributed by atoms with Crippen LogP contribution in [0.15, 0.2) is 79.4 Å². The molecule has 2 heterocycles. The Balaban J connectivity index is 1.60. The minimum Gasteiger partial charge on any atom is -0.293 e. The minimum absolute atomic E-state index is 0.172. The quantitative estimate of drug-likeness (QED) is 0.572. The molecule has 0 amide bonds. The molecule has 1 aliphatic rings. The monoisotopic (exact) mass is 366 g/mol. The number of aromatic nitrogens is 2. The van der Waals surface area contributed by atoms with Gasteiger partial charge in [-0.3, -0.25) is 10.2 Å². The molecule has 5 rings (SSSR count). The molecular formula is C24H22N4. The van der Waals surface area contributed by atoms with Gasteiger partial charge in [0.05, 0.1) is 6.04 Å². The summed E-state index contributed by atoms with van der Waals surface area (Å²) in [7, 11) is 2.15. The molecule has 0 aliphatic carbocycles. The average molecular weight is 366 g/mol. The molecule has 4 nitrogen and oxygen atoms in total. The fraction of sp³-hybridized carbons (Fsp3) is 0.167. The number of hydrogen-bond donors (Lipinski definition) is 1. The first-order valence-corrected chi connectivity index (χ1v) is 9.57. The van der Waals surface area contributed by atoms with E-state index in [4.69, 9.17) is 0 Å². The summed E-state index contributed by atoms with van der Waals surface area (Å²) in [6.45, 7) is 1.75. The Bertz CT molecular complexity index is 1120. The normalized spacial score (nSPS) is 17.2. The molecular weight excluding hydrogens is 344 g/mol. The molecule has 0 saturated carbocycles. The van der Waals surface area contributed by atoms with Crippen LogP contribution in [0.3, 0.4) is 0 Å². The van der Waals surface area contributed by atoms with Crippen LogP contribution in [0.2, 0.25) is 0 Å². The van der Waals surface area contributed by atoms with Crippen molar-refractivity contribution in [2.75, 3.05) is 13.7 Å². The molecule has 0 bridgehead atoms. The van der Waals surface area contributed by atoms with Gasteiger partial charge in [-0.05, 0) is 52.2 Å². The molecule has 4 heteroatoms. The number of rotatable bonds is 2. The molecule has 0 fully saturated rings. The maximum atomic E-state index is 4.16. The SMILES string of the molecule is CN1CNC(c2ccc3ccccc3c2)c2ccc(-c3cncnc3)cc2C1. The van der Waals surface area contributed by atoms with Crippen molar-refractivity contribution < 1.29 is 0 Å². The van der Waals surface area contributed by atoms with Gasteiger partial charge in [-0.25, -0.2) is 9.97 Å². The summed E-state index contributed by atoms with van der Waals surface area (Å²) in [6.07, 6.45) is 5.31. The zero-order valence-electron chi connectivity index (χ0n) is 15.8. The molecule has 1 atom stereocenters. The zero-order valence-corrected chi connectivity index (χ0v) is 15.8. The predicted octanol–water partition coefficient (Wildman–Crippen LogP) is 4.38. The van der Waals surface area contributed by atoms with Crippen molar-refractivity contribution in [3.63, 3.8) is 0 Å². The second kappa shape index (κ2) is 7.15. The van der Waals surface area contributed by atoms with Crippen molar-refractivity contribution in [3.8, 4) is 11.1 Å². The summed E-state index contributed by atoms with van der Waals surface area (Å²) in [5, 5.41) is 6.28. The first kappa shape index (κ1) is 17.0. The average Bonchev–Trinajstić information content (AvgIpc) is 2.91. The molecule has 28 heavy (non-hydrogen) atoms. The van der Waals surface area contributed by atoms with Crippen molar-refractivity contribution in [1.29, 1.82) is 0 Å². The summed E-state index contributed by atoms with van der Waals surface area (Å²) < 4.78 is 0. The van der Waals surface area contributed by atoms with Gasteiger partial charge in [0, 0.05) is 31.2 Å². The molecule has 1 N–H and O–H groups in total. The molecule has 1 aliphatic heterocycles. The summed E-state index contributed by atoms with van der Waals surface area (Å²) in [6, 6.07) is 22.2. The van der Waals surface area contributed by atoms with Gasteiger partial charge >= 0.3 is 0 Å². The highest BCUT2D eigenvalue weighted by Crippen LogP contribution is 2.32. The van der Waals surface area contributed by atoms with Gasteiger partial charge in [0.1, 0.15) is 6.33 Å². The largest absolute Gasteiger partial charge is 0.293 e. The third kappa shape index (κ3) is 3.17. The first-order chi connectivity index (χ1) is 13.8. The molecule has 4 aromatic rings. The van der Waals surface area contributed by atoms with E-state index in [0.29, 0.717) is 0 Å². The van der Waals surface area contributed by atoms with Crippen molar-refractivity contribution in [1.82, 2.24) is 20.2 Å². The van der Waals surface area contributed by atoms with Gasteiger partial charge in [-0.15, -0.1) is 0 Å². The van der Waals surface area contributed by atoms with Gasteiger partial charge in [-0.1, -0.05) is 48.5 Å². The smallest absolute Gasteiger partial charge is 0.115 e. The Hall–Kier alpha value is -3.08. The van der Waals surface area contributed by atoms with Crippen molar-refractivity contribution in [2.24, 2.45) is 0 Å². The van der Waals surface area contributed by atoms with Crippen molar-refractivity contribution in [2.45, 2.75) is 12.6 Å².